The van der Waals surface area contributed by atoms with Gasteiger partial charge in [0.2, 0.25) is 10.0 Å². The molecule has 10 heteroatoms. The van der Waals surface area contributed by atoms with Crippen molar-refractivity contribution in [3.8, 4) is 17.1 Å². The molecule has 0 bridgehead atoms. The van der Waals surface area contributed by atoms with E-state index in [0.29, 0.717) is 27.9 Å². The highest BCUT2D eigenvalue weighted by Crippen LogP contribution is 2.28. The highest BCUT2D eigenvalue weighted by atomic mass is 32.2. The van der Waals surface area contributed by atoms with Gasteiger partial charge in [-0.1, -0.05) is 42.1 Å². The molecule has 168 valence electrons. The molecule has 7 nitrogen and oxygen atoms in total. The van der Waals surface area contributed by atoms with Crippen molar-refractivity contribution in [1.82, 2.24) is 14.8 Å². The van der Waals surface area contributed by atoms with Crippen molar-refractivity contribution >= 4 is 33.3 Å². The Morgan fingerprint density at radius 3 is 2.27 bits per heavy atom. The first-order chi connectivity index (χ1) is 15.8. The minimum Gasteiger partial charge on any atom is -0.293 e. The van der Waals surface area contributed by atoms with Crippen LogP contribution in [0.4, 0.5) is 10.1 Å². The van der Waals surface area contributed by atoms with Crippen molar-refractivity contribution in [1.29, 1.82) is 0 Å². The van der Waals surface area contributed by atoms with E-state index in [0.717, 1.165) is 11.8 Å². The van der Waals surface area contributed by atoms with E-state index in [-0.39, 0.29) is 17.4 Å². The predicted octanol–water partition coefficient (Wildman–Crippen LogP) is 4.42. The molecule has 0 fully saturated rings. The number of hydrogen-bond donors (Lipinski definition) is 1. The first-order valence-corrected chi connectivity index (χ1v) is 12.7. The van der Waals surface area contributed by atoms with E-state index < -0.39 is 10.0 Å². The van der Waals surface area contributed by atoms with Crippen LogP contribution in [0.25, 0.3) is 17.1 Å². The predicted molar refractivity (Wildman–Crippen MR) is 127 cm³/mol. The molecule has 1 aromatic heterocycles. The van der Waals surface area contributed by atoms with E-state index in [2.05, 4.69) is 14.9 Å². The first-order valence-electron chi connectivity index (χ1n) is 9.81. The van der Waals surface area contributed by atoms with Gasteiger partial charge in [0.1, 0.15) is 5.82 Å². The number of thioether (sulfide) groups is 1. The van der Waals surface area contributed by atoms with Crippen LogP contribution in [0, 0.1) is 5.82 Å². The maximum absolute atomic E-state index is 13.5. The molecule has 0 aliphatic carbocycles. The molecule has 0 saturated heterocycles. The molecule has 1 N–H and O–H groups in total. The lowest BCUT2D eigenvalue weighted by atomic mass is 10.1. The van der Waals surface area contributed by atoms with Gasteiger partial charge in [0, 0.05) is 22.5 Å². The Bertz CT molecular complexity index is 1370. The van der Waals surface area contributed by atoms with Crippen LogP contribution in [0.2, 0.25) is 0 Å². The molecule has 33 heavy (non-hydrogen) atoms. The summed E-state index contributed by atoms with van der Waals surface area (Å²) in [6.07, 6.45) is 1.06. The number of sulfonamides is 1. The zero-order valence-electron chi connectivity index (χ0n) is 17.5. The van der Waals surface area contributed by atoms with Crippen LogP contribution in [0.15, 0.2) is 84.0 Å². The summed E-state index contributed by atoms with van der Waals surface area (Å²) in [7, 11) is -3.39. The quantitative estimate of drug-likeness (QED) is 0.295. The van der Waals surface area contributed by atoms with Crippen LogP contribution in [0.5, 0.6) is 0 Å². The van der Waals surface area contributed by atoms with Crippen molar-refractivity contribution < 1.29 is 17.6 Å². The fraction of sp³-hybridized carbons (Fsp3) is 0.0870. The number of Topliss-reactive ketones (excluding diaryl/α,β-unsaturated/α-hetero) is 1. The number of carbonyl (C=O) groups is 1. The van der Waals surface area contributed by atoms with E-state index in [1.165, 1.54) is 36.0 Å². The largest absolute Gasteiger partial charge is 0.293 e. The Balaban J connectivity index is 1.57. The van der Waals surface area contributed by atoms with Crippen molar-refractivity contribution in [3.05, 3.63) is 90.2 Å². The van der Waals surface area contributed by atoms with Crippen molar-refractivity contribution in [2.75, 3.05) is 16.7 Å². The summed E-state index contributed by atoms with van der Waals surface area (Å²) < 4.78 is 40.3. The third-order valence-corrected chi connectivity index (χ3v) is 6.13. The highest BCUT2D eigenvalue weighted by molar-refractivity contribution is 7.99. The Hall–Kier alpha value is -3.50. The van der Waals surface area contributed by atoms with Gasteiger partial charge in [0.05, 0.1) is 12.0 Å². The second-order valence-corrected chi connectivity index (χ2v) is 9.84. The smallest absolute Gasteiger partial charge is 0.229 e. The molecule has 4 rings (SSSR count). The molecule has 0 aliphatic heterocycles. The number of ketones is 1. The number of carbonyl (C=O) groups excluding carboxylic acids is 1. The molecule has 0 amide bonds. The van der Waals surface area contributed by atoms with Crippen molar-refractivity contribution in [3.63, 3.8) is 0 Å². The zero-order chi connectivity index (χ0) is 23.4. The molecule has 1 heterocycles. The molecular formula is C23H19FN4O3S2. The minimum absolute atomic E-state index is 0.0902. The topological polar surface area (TPSA) is 93.9 Å². The maximum Gasteiger partial charge on any atom is 0.229 e. The van der Waals surface area contributed by atoms with Gasteiger partial charge in [-0.3, -0.25) is 14.1 Å². The van der Waals surface area contributed by atoms with Gasteiger partial charge in [-0.2, -0.15) is 0 Å². The SMILES string of the molecule is CS(=O)(=O)Nc1ccc(C(=O)CSc2nnc(-c3ccccc3)n2-c2ccc(F)cc2)cc1. The Morgan fingerprint density at radius 2 is 1.64 bits per heavy atom. The number of benzene rings is 3. The number of hydrogen-bond acceptors (Lipinski definition) is 6. The number of halogens is 1. The molecular weight excluding hydrogens is 463 g/mol. The monoisotopic (exact) mass is 482 g/mol. The van der Waals surface area contributed by atoms with Crippen molar-refractivity contribution in [2.24, 2.45) is 0 Å². The summed E-state index contributed by atoms with van der Waals surface area (Å²) in [4.78, 5) is 12.7. The first kappa shape index (κ1) is 22.7. The highest BCUT2D eigenvalue weighted by Gasteiger charge is 2.18. The van der Waals surface area contributed by atoms with Crippen LogP contribution >= 0.6 is 11.8 Å². The lowest BCUT2D eigenvalue weighted by Gasteiger charge is -2.10. The third-order valence-electron chi connectivity index (χ3n) is 4.59. The second kappa shape index (κ2) is 9.55. The molecule has 4 aromatic rings. The molecule has 0 aliphatic rings. The summed E-state index contributed by atoms with van der Waals surface area (Å²) in [6, 6.07) is 21.6. The van der Waals surface area contributed by atoms with Gasteiger partial charge >= 0.3 is 0 Å². The zero-order valence-corrected chi connectivity index (χ0v) is 19.1. The van der Waals surface area contributed by atoms with E-state index in [1.54, 1.807) is 28.8 Å². The van der Waals surface area contributed by atoms with Crippen molar-refractivity contribution in [2.45, 2.75) is 5.16 Å². The summed E-state index contributed by atoms with van der Waals surface area (Å²) >= 11 is 1.21. The van der Waals surface area contributed by atoms with Crippen LogP contribution in [-0.4, -0.2) is 41.0 Å². The average molecular weight is 483 g/mol. The van der Waals surface area contributed by atoms with Crippen LogP contribution in [0.1, 0.15) is 10.4 Å². The molecule has 0 spiro atoms. The minimum atomic E-state index is -3.39. The summed E-state index contributed by atoms with van der Waals surface area (Å²) in [5.74, 6) is 0.160. The Labute approximate surface area is 194 Å². The molecule has 3 aromatic carbocycles. The van der Waals surface area contributed by atoms with Gasteiger partial charge in [-0.25, -0.2) is 12.8 Å². The number of nitrogens with zero attached hydrogens (tertiary/aromatic N) is 3. The number of nitrogens with one attached hydrogen (secondary N) is 1. The number of rotatable bonds is 8. The summed E-state index contributed by atoms with van der Waals surface area (Å²) in [5.41, 5.74) is 2.33. The van der Waals surface area contributed by atoms with Gasteiger partial charge in [0.25, 0.3) is 0 Å². The van der Waals surface area contributed by atoms with Gasteiger partial charge in [-0.15, -0.1) is 10.2 Å². The van der Waals surface area contributed by atoms with E-state index in [1.807, 2.05) is 30.3 Å². The van der Waals surface area contributed by atoms with E-state index >= 15 is 0 Å². The number of anilines is 1. The average Bonchev–Trinajstić information content (AvgIpc) is 3.22. The lowest BCUT2D eigenvalue weighted by Crippen LogP contribution is -2.10. The molecule has 0 saturated carbocycles. The van der Waals surface area contributed by atoms with Gasteiger partial charge < -0.3 is 0 Å². The van der Waals surface area contributed by atoms with Crippen LogP contribution < -0.4 is 4.72 Å². The Kier molecular flexibility index (Phi) is 6.57. The normalized spacial score (nSPS) is 11.3. The number of aromatic nitrogens is 3. The standard InChI is InChI=1S/C23H19FN4O3S2/c1-33(30,31)27-19-11-7-16(8-12-19)21(29)15-32-23-26-25-22(17-5-3-2-4-6-17)28(23)20-13-9-18(24)10-14-20/h2-14,27H,15H2,1H3. The molecule has 0 unspecified atom stereocenters. The van der Waals surface area contributed by atoms with Crippen LogP contribution in [-0.2, 0) is 10.0 Å². The fourth-order valence-electron chi connectivity index (χ4n) is 3.11. The van der Waals surface area contributed by atoms with E-state index in [4.69, 9.17) is 0 Å². The fourth-order valence-corrected chi connectivity index (χ4v) is 4.52. The molecule has 0 radical (unpaired) electrons. The van der Waals surface area contributed by atoms with E-state index in [9.17, 15) is 17.6 Å². The lowest BCUT2D eigenvalue weighted by molar-refractivity contribution is 0.102. The Morgan fingerprint density at radius 1 is 0.970 bits per heavy atom. The molecule has 0 atom stereocenters. The summed E-state index contributed by atoms with van der Waals surface area (Å²) in [6.45, 7) is 0. The van der Waals surface area contributed by atoms with Gasteiger partial charge in [-0.05, 0) is 48.5 Å². The summed E-state index contributed by atoms with van der Waals surface area (Å²) in [5, 5.41) is 9.06. The van der Waals surface area contributed by atoms with Gasteiger partial charge in [0.15, 0.2) is 16.8 Å². The third kappa shape index (κ3) is 5.65. The maximum atomic E-state index is 13.5. The second-order valence-electron chi connectivity index (χ2n) is 7.15. The van der Waals surface area contributed by atoms with Crippen LogP contribution in [0.3, 0.4) is 0 Å².